The normalized spacial score (nSPS) is 22.0. The van der Waals surface area contributed by atoms with Crippen molar-refractivity contribution in [3.8, 4) is 0 Å². The highest BCUT2D eigenvalue weighted by atomic mass is 19.4. The number of rotatable bonds is 2. The van der Waals surface area contributed by atoms with E-state index in [0.29, 0.717) is 17.0 Å². The molecule has 9 heteroatoms. The minimum Gasteiger partial charge on any atom is -0.481 e. The topological polar surface area (TPSA) is 57.6 Å². The maximum atomic E-state index is 13.5. The number of carboxylic acid groups (broad SMARTS) is 1. The average molecular weight is 323 g/mol. The summed E-state index contributed by atoms with van der Waals surface area (Å²) in [5, 5.41) is 8.88. The zero-order chi connectivity index (χ0) is 16.7. The second-order valence-corrected chi connectivity index (χ2v) is 4.99. The Balaban J connectivity index is 2.31. The first kappa shape index (κ1) is 16.2. The predicted octanol–water partition coefficient (Wildman–Crippen LogP) is 2.44. The minimum atomic E-state index is -5.06. The molecular weight excluding hydrogens is 313 g/mol. The number of nitrogens with zero attached hydrogens (tertiary/aromatic N) is 1. The Bertz CT molecular complexity index is 631. The van der Waals surface area contributed by atoms with E-state index in [0.717, 1.165) is 6.07 Å². The molecule has 0 aliphatic carbocycles. The molecular formula is C13H10F5NO3. The molecule has 1 amide bonds. The number of hydrogen-bond acceptors (Lipinski definition) is 2. The molecule has 0 radical (unpaired) electrons. The van der Waals surface area contributed by atoms with Gasteiger partial charge in [-0.25, -0.2) is 8.78 Å². The maximum absolute atomic E-state index is 13.5. The molecule has 120 valence electrons. The van der Waals surface area contributed by atoms with Crippen LogP contribution in [0.1, 0.15) is 16.8 Å². The SMILES string of the molecule is O=C(c1cc(F)ccc1F)N1CCC(C(=O)O)(C(F)(F)F)C1. The number of alkyl halides is 3. The Labute approximate surface area is 121 Å². The van der Waals surface area contributed by atoms with Crippen LogP contribution in [0.5, 0.6) is 0 Å². The number of amides is 1. The van der Waals surface area contributed by atoms with Crippen LogP contribution in [-0.2, 0) is 4.79 Å². The molecule has 0 aromatic heterocycles. The van der Waals surface area contributed by atoms with Crippen molar-refractivity contribution < 1.29 is 36.6 Å². The summed E-state index contributed by atoms with van der Waals surface area (Å²) in [7, 11) is 0. The second-order valence-electron chi connectivity index (χ2n) is 4.99. The molecule has 1 fully saturated rings. The first-order valence-electron chi connectivity index (χ1n) is 6.13. The van der Waals surface area contributed by atoms with Crippen LogP contribution < -0.4 is 0 Å². The third-order valence-corrected chi connectivity index (χ3v) is 3.67. The Morgan fingerprint density at radius 2 is 1.86 bits per heavy atom. The fourth-order valence-electron chi connectivity index (χ4n) is 2.34. The maximum Gasteiger partial charge on any atom is 0.406 e. The van der Waals surface area contributed by atoms with Gasteiger partial charge in [-0.15, -0.1) is 0 Å². The first-order chi connectivity index (χ1) is 10.1. The highest BCUT2D eigenvalue weighted by Gasteiger charge is 2.64. The van der Waals surface area contributed by atoms with Crippen molar-refractivity contribution >= 4 is 11.9 Å². The van der Waals surface area contributed by atoms with E-state index in [1.54, 1.807) is 0 Å². The summed E-state index contributed by atoms with van der Waals surface area (Å²) < 4.78 is 65.5. The largest absolute Gasteiger partial charge is 0.481 e. The standard InChI is InChI=1S/C13H10F5NO3/c14-7-1-2-9(15)8(5-7)10(20)19-4-3-12(6-19,11(21)22)13(16,17)18/h1-2,5H,3-4,6H2,(H,21,22). The van der Waals surface area contributed by atoms with Gasteiger partial charge in [0, 0.05) is 13.1 Å². The Morgan fingerprint density at radius 3 is 2.36 bits per heavy atom. The van der Waals surface area contributed by atoms with Crippen LogP contribution in [0.2, 0.25) is 0 Å². The van der Waals surface area contributed by atoms with Crippen molar-refractivity contribution in [2.45, 2.75) is 12.6 Å². The lowest BCUT2D eigenvalue weighted by Gasteiger charge is -2.27. The molecule has 4 nitrogen and oxygen atoms in total. The van der Waals surface area contributed by atoms with E-state index in [1.165, 1.54) is 0 Å². The fourth-order valence-corrected chi connectivity index (χ4v) is 2.34. The van der Waals surface area contributed by atoms with Crippen molar-refractivity contribution in [3.05, 3.63) is 35.4 Å². The molecule has 1 aromatic carbocycles. The summed E-state index contributed by atoms with van der Waals surface area (Å²) in [6, 6.07) is 1.99. The highest BCUT2D eigenvalue weighted by Crippen LogP contribution is 2.46. The first-order valence-corrected chi connectivity index (χ1v) is 6.13. The van der Waals surface area contributed by atoms with E-state index < -0.39 is 60.2 Å². The van der Waals surface area contributed by atoms with Gasteiger partial charge >= 0.3 is 12.1 Å². The molecule has 1 aliphatic rings. The lowest BCUT2D eigenvalue weighted by atomic mass is 9.86. The number of carboxylic acids is 1. The number of carbonyl (C=O) groups is 2. The molecule has 22 heavy (non-hydrogen) atoms. The van der Waals surface area contributed by atoms with E-state index in [9.17, 15) is 31.5 Å². The Hall–Kier alpha value is -2.19. The van der Waals surface area contributed by atoms with E-state index >= 15 is 0 Å². The number of benzene rings is 1. The van der Waals surface area contributed by atoms with Gasteiger partial charge in [-0.3, -0.25) is 9.59 Å². The zero-order valence-electron chi connectivity index (χ0n) is 11.0. The molecule has 1 saturated heterocycles. The zero-order valence-corrected chi connectivity index (χ0v) is 11.0. The van der Waals surface area contributed by atoms with E-state index in [1.807, 2.05) is 0 Å². The molecule has 0 bridgehead atoms. The van der Waals surface area contributed by atoms with Gasteiger partial charge in [-0.05, 0) is 24.6 Å². The van der Waals surface area contributed by atoms with Crippen LogP contribution in [0.4, 0.5) is 22.0 Å². The van der Waals surface area contributed by atoms with E-state index in [2.05, 4.69) is 0 Å². The van der Waals surface area contributed by atoms with Crippen molar-refractivity contribution in [1.29, 1.82) is 0 Å². The molecule has 1 atom stereocenters. The van der Waals surface area contributed by atoms with Gasteiger partial charge in [-0.1, -0.05) is 0 Å². The minimum absolute atomic E-state index is 0.513. The van der Waals surface area contributed by atoms with Gasteiger partial charge in [0.15, 0.2) is 5.41 Å². The van der Waals surface area contributed by atoms with Crippen LogP contribution in [0.25, 0.3) is 0 Å². The summed E-state index contributed by atoms with van der Waals surface area (Å²) in [5.74, 6) is -5.30. The van der Waals surface area contributed by atoms with Crippen LogP contribution in [-0.4, -0.2) is 41.1 Å². The molecule has 0 saturated carbocycles. The van der Waals surface area contributed by atoms with Crippen LogP contribution in [0.3, 0.4) is 0 Å². The highest BCUT2D eigenvalue weighted by molar-refractivity contribution is 5.95. The second kappa shape index (κ2) is 5.22. The van der Waals surface area contributed by atoms with Gasteiger partial charge < -0.3 is 10.0 Å². The summed E-state index contributed by atoms with van der Waals surface area (Å²) >= 11 is 0. The number of carbonyl (C=O) groups excluding carboxylic acids is 1. The molecule has 1 N–H and O–H groups in total. The van der Waals surface area contributed by atoms with Crippen LogP contribution in [0.15, 0.2) is 18.2 Å². The quantitative estimate of drug-likeness (QED) is 0.851. The average Bonchev–Trinajstić information content (AvgIpc) is 2.87. The van der Waals surface area contributed by atoms with Gasteiger partial charge in [0.25, 0.3) is 5.91 Å². The van der Waals surface area contributed by atoms with Gasteiger partial charge in [0.05, 0.1) is 5.56 Å². The molecule has 1 aromatic rings. The fraction of sp³-hybridized carbons (Fsp3) is 0.385. The number of halogens is 5. The van der Waals surface area contributed by atoms with Gasteiger partial charge in [0.1, 0.15) is 11.6 Å². The predicted molar refractivity (Wildman–Crippen MR) is 63.0 cm³/mol. The summed E-state index contributed by atoms with van der Waals surface area (Å²) in [4.78, 5) is 23.6. The van der Waals surface area contributed by atoms with Crippen molar-refractivity contribution in [1.82, 2.24) is 4.90 Å². The van der Waals surface area contributed by atoms with Crippen LogP contribution >= 0.6 is 0 Å². The van der Waals surface area contributed by atoms with E-state index in [-0.39, 0.29) is 0 Å². The molecule has 1 unspecified atom stereocenters. The monoisotopic (exact) mass is 323 g/mol. The number of aliphatic carboxylic acids is 1. The molecule has 1 heterocycles. The number of hydrogen-bond donors (Lipinski definition) is 1. The lowest BCUT2D eigenvalue weighted by Crippen LogP contribution is -2.47. The van der Waals surface area contributed by atoms with Crippen molar-refractivity contribution in [3.63, 3.8) is 0 Å². The Kier molecular flexibility index (Phi) is 3.84. The molecule has 1 aliphatic heterocycles. The third-order valence-electron chi connectivity index (χ3n) is 3.67. The molecule has 2 rings (SSSR count). The smallest absolute Gasteiger partial charge is 0.406 e. The van der Waals surface area contributed by atoms with E-state index in [4.69, 9.17) is 5.11 Å². The number of likely N-dealkylation sites (tertiary alicyclic amines) is 1. The summed E-state index contributed by atoms with van der Waals surface area (Å²) in [6.07, 6.45) is -5.90. The summed E-state index contributed by atoms with van der Waals surface area (Å²) in [5.41, 5.74) is -3.82. The van der Waals surface area contributed by atoms with Gasteiger partial charge in [0.2, 0.25) is 0 Å². The van der Waals surface area contributed by atoms with Crippen molar-refractivity contribution in [2.75, 3.05) is 13.1 Å². The Morgan fingerprint density at radius 1 is 1.23 bits per heavy atom. The van der Waals surface area contributed by atoms with Crippen molar-refractivity contribution in [2.24, 2.45) is 5.41 Å². The summed E-state index contributed by atoms with van der Waals surface area (Å²) in [6.45, 7) is -1.65. The lowest BCUT2D eigenvalue weighted by molar-refractivity contribution is -0.227. The van der Waals surface area contributed by atoms with Gasteiger partial charge in [-0.2, -0.15) is 13.2 Å². The van der Waals surface area contributed by atoms with Crippen LogP contribution in [0, 0.1) is 17.0 Å². The third kappa shape index (κ3) is 2.51. The molecule has 0 spiro atoms.